The number of nitrogens with one attached hydrogen (secondary N) is 1. The first kappa shape index (κ1) is 17.9. The summed E-state index contributed by atoms with van der Waals surface area (Å²) < 4.78 is 5.05. The summed E-state index contributed by atoms with van der Waals surface area (Å²) in [6.07, 6.45) is 3.48. The predicted molar refractivity (Wildman–Crippen MR) is 93.1 cm³/mol. The Balaban J connectivity index is 2.04. The van der Waals surface area contributed by atoms with Crippen LogP contribution < -0.4 is 5.32 Å². The monoisotopic (exact) mass is 338 g/mol. The standard InChI is InChI=1S/C17H26N2O3S/c1-5-22-17(21)14-9-13(4)23-16(14)18-15(20)10-19-11(2)7-6-8-12(19)3/h9,11-12H,5-8,10H2,1-4H3,(H,18,20). The molecule has 1 saturated heterocycles. The number of nitrogens with zero attached hydrogens (tertiary/aromatic N) is 1. The van der Waals surface area contributed by atoms with E-state index < -0.39 is 0 Å². The summed E-state index contributed by atoms with van der Waals surface area (Å²) in [4.78, 5) is 27.6. The van der Waals surface area contributed by atoms with Gasteiger partial charge in [-0.1, -0.05) is 6.42 Å². The molecular formula is C17H26N2O3S. The van der Waals surface area contributed by atoms with Gasteiger partial charge in [-0.05, 0) is 46.6 Å². The number of carbonyl (C=O) groups excluding carboxylic acids is 2. The molecule has 6 heteroatoms. The van der Waals surface area contributed by atoms with Gasteiger partial charge in [0.05, 0.1) is 18.7 Å². The van der Waals surface area contributed by atoms with E-state index >= 15 is 0 Å². The van der Waals surface area contributed by atoms with Gasteiger partial charge in [0.15, 0.2) is 0 Å². The molecule has 1 amide bonds. The molecule has 128 valence electrons. The van der Waals surface area contributed by atoms with Gasteiger partial charge in [0, 0.05) is 17.0 Å². The zero-order valence-corrected chi connectivity index (χ0v) is 15.2. The summed E-state index contributed by atoms with van der Waals surface area (Å²) in [5.74, 6) is -0.454. The minimum atomic E-state index is -0.383. The fourth-order valence-electron chi connectivity index (χ4n) is 3.09. The maximum atomic E-state index is 12.4. The Morgan fingerprint density at radius 1 is 1.35 bits per heavy atom. The van der Waals surface area contributed by atoms with Crippen molar-refractivity contribution in [3.05, 3.63) is 16.5 Å². The third kappa shape index (κ3) is 4.54. The molecule has 1 aromatic rings. The van der Waals surface area contributed by atoms with Crippen LogP contribution in [-0.4, -0.2) is 42.0 Å². The number of piperidine rings is 1. The number of carbonyl (C=O) groups is 2. The number of hydrogen-bond acceptors (Lipinski definition) is 5. The maximum Gasteiger partial charge on any atom is 0.341 e. The van der Waals surface area contributed by atoms with Crippen molar-refractivity contribution in [3.63, 3.8) is 0 Å². The lowest BCUT2D eigenvalue weighted by Gasteiger charge is -2.38. The Morgan fingerprint density at radius 2 is 2.00 bits per heavy atom. The van der Waals surface area contributed by atoms with Crippen LogP contribution >= 0.6 is 11.3 Å². The molecule has 0 radical (unpaired) electrons. The van der Waals surface area contributed by atoms with Crippen LogP contribution in [0.1, 0.15) is 55.3 Å². The van der Waals surface area contributed by atoms with Crippen LogP contribution in [0.15, 0.2) is 6.07 Å². The predicted octanol–water partition coefficient (Wildman–Crippen LogP) is 3.43. The largest absolute Gasteiger partial charge is 0.462 e. The molecule has 0 spiro atoms. The number of amides is 1. The molecular weight excluding hydrogens is 312 g/mol. The van der Waals surface area contributed by atoms with E-state index in [0.717, 1.165) is 17.7 Å². The number of rotatable bonds is 5. The van der Waals surface area contributed by atoms with E-state index in [4.69, 9.17) is 4.74 Å². The zero-order valence-electron chi connectivity index (χ0n) is 14.3. The number of likely N-dealkylation sites (tertiary alicyclic amines) is 1. The van der Waals surface area contributed by atoms with Gasteiger partial charge in [0.25, 0.3) is 0 Å². The van der Waals surface area contributed by atoms with Crippen molar-refractivity contribution < 1.29 is 14.3 Å². The molecule has 0 bridgehead atoms. The van der Waals surface area contributed by atoms with E-state index in [2.05, 4.69) is 24.1 Å². The van der Waals surface area contributed by atoms with Crippen LogP contribution in [0.25, 0.3) is 0 Å². The van der Waals surface area contributed by atoms with Crippen LogP contribution in [0.2, 0.25) is 0 Å². The smallest absolute Gasteiger partial charge is 0.341 e. The second kappa shape index (κ2) is 7.93. The molecule has 2 rings (SSSR count). The highest BCUT2D eigenvalue weighted by molar-refractivity contribution is 7.16. The van der Waals surface area contributed by atoms with Crippen LogP contribution in [0, 0.1) is 6.92 Å². The summed E-state index contributed by atoms with van der Waals surface area (Å²) in [7, 11) is 0. The highest BCUT2D eigenvalue weighted by Gasteiger charge is 2.27. The quantitative estimate of drug-likeness (QED) is 0.836. The summed E-state index contributed by atoms with van der Waals surface area (Å²) in [6, 6.07) is 2.60. The van der Waals surface area contributed by atoms with Crippen molar-refractivity contribution in [3.8, 4) is 0 Å². The van der Waals surface area contributed by atoms with Gasteiger partial charge < -0.3 is 10.1 Å². The number of anilines is 1. The lowest BCUT2D eigenvalue weighted by atomic mass is 9.97. The minimum absolute atomic E-state index is 0.0713. The van der Waals surface area contributed by atoms with Gasteiger partial charge in [-0.3, -0.25) is 9.69 Å². The van der Waals surface area contributed by atoms with Gasteiger partial charge in [-0.2, -0.15) is 0 Å². The molecule has 1 aliphatic rings. The van der Waals surface area contributed by atoms with Gasteiger partial charge in [-0.15, -0.1) is 11.3 Å². The van der Waals surface area contributed by atoms with Crippen molar-refractivity contribution in [2.24, 2.45) is 0 Å². The second-order valence-electron chi connectivity index (χ2n) is 6.17. The van der Waals surface area contributed by atoms with Gasteiger partial charge in [-0.25, -0.2) is 4.79 Å². The van der Waals surface area contributed by atoms with Crippen molar-refractivity contribution >= 4 is 28.2 Å². The molecule has 0 aliphatic carbocycles. The fraction of sp³-hybridized carbons (Fsp3) is 0.647. The van der Waals surface area contributed by atoms with E-state index in [0.29, 0.717) is 35.8 Å². The summed E-state index contributed by atoms with van der Waals surface area (Å²) in [5.41, 5.74) is 0.447. The molecule has 2 heterocycles. The first-order valence-electron chi connectivity index (χ1n) is 8.25. The van der Waals surface area contributed by atoms with E-state index in [1.54, 1.807) is 13.0 Å². The lowest BCUT2D eigenvalue weighted by molar-refractivity contribution is -0.118. The highest BCUT2D eigenvalue weighted by Crippen LogP contribution is 2.29. The Hall–Kier alpha value is -1.40. The fourth-order valence-corrected chi connectivity index (χ4v) is 4.00. The first-order valence-corrected chi connectivity index (χ1v) is 9.07. The number of ether oxygens (including phenoxy) is 1. The Kier molecular flexibility index (Phi) is 6.18. The molecule has 1 aliphatic heterocycles. The third-order valence-electron chi connectivity index (χ3n) is 4.31. The summed E-state index contributed by atoms with van der Waals surface area (Å²) in [6.45, 7) is 8.71. The maximum absolute atomic E-state index is 12.4. The van der Waals surface area contributed by atoms with Crippen LogP contribution in [0.3, 0.4) is 0 Å². The van der Waals surface area contributed by atoms with Crippen LogP contribution in [0.5, 0.6) is 0 Å². The number of thiophene rings is 1. The molecule has 1 fully saturated rings. The lowest BCUT2D eigenvalue weighted by Crippen LogP contribution is -2.47. The van der Waals surface area contributed by atoms with E-state index in [9.17, 15) is 9.59 Å². The topological polar surface area (TPSA) is 58.6 Å². The molecule has 2 atom stereocenters. The second-order valence-corrected chi connectivity index (χ2v) is 7.43. The molecule has 1 aromatic heterocycles. The molecule has 2 unspecified atom stereocenters. The van der Waals surface area contributed by atoms with Gasteiger partial charge in [0.1, 0.15) is 5.00 Å². The van der Waals surface area contributed by atoms with E-state index in [1.165, 1.54) is 17.8 Å². The molecule has 0 saturated carbocycles. The summed E-state index contributed by atoms with van der Waals surface area (Å²) in [5, 5.41) is 3.48. The Morgan fingerprint density at radius 3 is 2.61 bits per heavy atom. The average molecular weight is 338 g/mol. The highest BCUT2D eigenvalue weighted by atomic mass is 32.1. The number of esters is 1. The molecule has 5 nitrogen and oxygen atoms in total. The Bertz CT molecular complexity index is 560. The Labute approximate surface area is 142 Å². The van der Waals surface area contributed by atoms with Crippen LogP contribution in [0.4, 0.5) is 5.00 Å². The van der Waals surface area contributed by atoms with Crippen molar-refractivity contribution in [2.45, 2.75) is 59.0 Å². The SMILES string of the molecule is CCOC(=O)c1cc(C)sc1NC(=O)CN1C(C)CCCC1C. The van der Waals surface area contributed by atoms with Crippen LogP contribution in [-0.2, 0) is 9.53 Å². The van der Waals surface area contributed by atoms with Crippen molar-refractivity contribution in [2.75, 3.05) is 18.5 Å². The van der Waals surface area contributed by atoms with Gasteiger partial charge in [0.2, 0.25) is 5.91 Å². The first-order chi connectivity index (χ1) is 10.9. The molecule has 23 heavy (non-hydrogen) atoms. The van der Waals surface area contributed by atoms with Gasteiger partial charge >= 0.3 is 5.97 Å². The zero-order chi connectivity index (χ0) is 17.0. The third-order valence-corrected chi connectivity index (χ3v) is 5.27. The number of aryl methyl sites for hydroxylation is 1. The van der Waals surface area contributed by atoms with Crippen molar-refractivity contribution in [1.82, 2.24) is 4.90 Å². The molecule has 1 N–H and O–H groups in total. The minimum Gasteiger partial charge on any atom is -0.462 e. The van der Waals surface area contributed by atoms with E-state index in [-0.39, 0.29) is 11.9 Å². The molecule has 0 aromatic carbocycles. The van der Waals surface area contributed by atoms with Crippen molar-refractivity contribution in [1.29, 1.82) is 0 Å². The summed E-state index contributed by atoms with van der Waals surface area (Å²) >= 11 is 1.41. The number of hydrogen-bond donors (Lipinski definition) is 1. The normalized spacial score (nSPS) is 21.9. The van der Waals surface area contributed by atoms with E-state index in [1.807, 2.05) is 6.92 Å². The average Bonchev–Trinajstić information content (AvgIpc) is 2.84.